The van der Waals surface area contributed by atoms with Gasteiger partial charge < -0.3 is 9.84 Å². The first-order valence-corrected chi connectivity index (χ1v) is 11.8. The summed E-state index contributed by atoms with van der Waals surface area (Å²) in [5.41, 5.74) is 3.78. The van der Waals surface area contributed by atoms with Crippen LogP contribution in [0.5, 0.6) is 0 Å². The van der Waals surface area contributed by atoms with Crippen LogP contribution in [0.15, 0.2) is 70.4 Å². The number of carbonyl (C=O) groups is 1. The summed E-state index contributed by atoms with van der Waals surface area (Å²) in [7, 11) is 0. The molecule has 0 spiro atoms. The summed E-state index contributed by atoms with van der Waals surface area (Å²) in [4.78, 5) is 30.4. The predicted molar refractivity (Wildman–Crippen MR) is 136 cm³/mol. The molecule has 0 aliphatic heterocycles. The Morgan fingerprint density at radius 2 is 1.97 bits per heavy atom. The van der Waals surface area contributed by atoms with Crippen molar-refractivity contribution in [1.82, 2.24) is 29.8 Å². The summed E-state index contributed by atoms with van der Waals surface area (Å²) >= 11 is 6.29. The molecule has 0 saturated carbocycles. The highest BCUT2D eigenvalue weighted by Crippen LogP contribution is 2.30. The molecule has 0 fully saturated rings. The lowest BCUT2D eigenvalue weighted by atomic mass is 10.1. The first-order valence-electron chi connectivity index (χ1n) is 11.4. The van der Waals surface area contributed by atoms with E-state index in [-0.39, 0.29) is 18.0 Å². The van der Waals surface area contributed by atoms with Crippen LogP contribution >= 0.6 is 11.6 Å². The molecule has 0 saturated heterocycles. The van der Waals surface area contributed by atoms with Gasteiger partial charge in [-0.3, -0.25) is 14.2 Å². The van der Waals surface area contributed by atoms with Crippen molar-refractivity contribution in [2.24, 2.45) is 0 Å². The second-order valence-corrected chi connectivity index (χ2v) is 8.88. The topological polar surface area (TPSA) is 108 Å². The monoisotopic (exact) mass is 502 g/mol. The highest BCUT2D eigenvalue weighted by Gasteiger charge is 2.23. The van der Waals surface area contributed by atoms with Crippen LogP contribution in [0.3, 0.4) is 0 Å². The van der Waals surface area contributed by atoms with E-state index in [1.54, 1.807) is 34.4 Å². The summed E-state index contributed by atoms with van der Waals surface area (Å²) in [6.07, 6.45) is 3.04. The molecule has 3 heterocycles. The van der Waals surface area contributed by atoms with Gasteiger partial charge in [0.15, 0.2) is 5.65 Å². The lowest BCUT2D eigenvalue weighted by Gasteiger charge is -2.08. The highest BCUT2D eigenvalue weighted by molar-refractivity contribution is 6.33. The second kappa shape index (κ2) is 9.79. The molecule has 1 amide bonds. The van der Waals surface area contributed by atoms with Gasteiger partial charge in [-0.25, -0.2) is 9.67 Å². The Hall–Kier alpha value is -4.24. The number of nitrogens with one attached hydrogen (secondary N) is 1. The minimum atomic E-state index is -0.339. The minimum absolute atomic E-state index is 0.165. The summed E-state index contributed by atoms with van der Waals surface area (Å²) in [5.74, 6) is 0.0522. The molecular formula is C26H23ClN6O3. The third-order valence-corrected chi connectivity index (χ3v) is 6.22. The van der Waals surface area contributed by atoms with Crippen LogP contribution in [-0.2, 0) is 13.1 Å². The van der Waals surface area contributed by atoms with Gasteiger partial charge in [-0.2, -0.15) is 5.10 Å². The van der Waals surface area contributed by atoms with Crippen molar-refractivity contribution in [2.45, 2.75) is 26.9 Å². The molecule has 0 unspecified atom stereocenters. The van der Waals surface area contributed by atoms with E-state index >= 15 is 0 Å². The number of amides is 1. The molecule has 3 aromatic heterocycles. The van der Waals surface area contributed by atoms with Crippen LogP contribution in [0.4, 0.5) is 0 Å². The molecule has 0 aliphatic carbocycles. The molecule has 9 nitrogen and oxygen atoms in total. The number of hydrogen-bond donors (Lipinski definition) is 1. The van der Waals surface area contributed by atoms with Gasteiger partial charge in [-0.05, 0) is 25.5 Å². The molecule has 2 aromatic carbocycles. The van der Waals surface area contributed by atoms with Gasteiger partial charge in [-0.1, -0.05) is 64.8 Å². The van der Waals surface area contributed by atoms with Gasteiger partial charge in [0, 0.05) is 12.1 Å². The first kappa shape index (κ1) is 23.5. The largest absolute Gasteiger partial charge is 0.360 e. The predicted octanol–water partition coefficient (Wildman–Crippen LogP) is 4.00. The lowest BCUT2D eigenvalue weighted by molar-refractivity contribution is 0.0951. The summed E-state index contributed by atoms with van der Waals surface area (Å²) in [6.45, 7) is 4.70. The fourth-order valence-electron chi connectivity index (χ4n) is 4.12. The maximum atomic E-state index is 13.0. The van der Waals surface area contributed by atoms with Gasteiger partial charge in [0.25, 0.3) is 11.5 Å². The summed E-state index contributed by atoms with van der Waals surface area (Å²) in [5, 5.41) is 12.1. The summed E-state index contributed by atoms with van der Waals surface area (Å²) < 4.78 is 8.44. The SMILES string of the molecule is Cc1cccc(Cn2cnc3c(cnn3CCNC(=O)c3c(-c4ccccc4Cl)noc3C)c2=O)c1. The van der Waals surface area contributed by atoms with Crippen LogP contribution in [-0.4, -0.2) is 36.9 Å². The molecule has 182 valence electrons. The number of aromatic nitrogens is 5. The Labute approximate surface area is 211 Å². The van der Waals surface area contributed by atoms with Crippen molar-refractivity contribution in [3.63, 3.8) is 0 Å². The van der Waals surface area contributed by atoms with E-state index < -0.39 is 0 Å². The normalized spacial score (nSPS) is 11.2. The Kier molecular flexibility index (Phi) is 6.39. The molecule has 0 atom stereocenters. The van der Waals surface area contributed by atoms with Crippen molar-refractivity contribution in [3.05, 3.63) is 98.9 Å². The molecule has 0 bridgehead atoms. The molecule has 5 rings (SSSR count). The zero-order valence-corrected chi connectivity index (χ0v) is 20.5. The Balaban J connectivity index is 1.30. The second-order valence-electron chi connectivity index (χ2n) is 8.47. The third-order valence-electron chi connectivity index (χ3n) is 5.89. The van der Waals surface area contributed by atoms with Crippen LogP contribution < -0.4 is 10.9 Å². The number of aryl methyl sites for hydroxylation is 2. The number of nitrogens with zero attached hydrogens (tertiary/aromatic N) is 5. The number of rotatable bonds is 7. The van der Waals surface area contributed by atoms with Crippen LogP contribution in [0.2, 0.25) is 5.02 Å². The smallest absolute Gasteiger partial charge is 0.264 e. The summed E-state index contributed by atoms with van der Waals surface area (Å²) in [6, 6.07) is 15.1. The van der Waals surface area contributed by atoms with Crippen molar-refractivity contribution < 1.29 is 9.32 Å². The lowest BCUT2D eigenvalue weighted by Crippen LogP contribution is -2.28. The van der Waals surface area contributed by atoms with Crippen LogP contribution in [0, 0.1) is 13.8 Å². The van der Waals surface area contributed by atoms with E-state index in [1.165, 1.54) is 12.5 Å². The average Bonchev–Trinajstić information content (AvgIpc) is 3.45. The molecular weight excluding hydrogens is 480 g/mol. The number of benzene rings is 2. The molecule has 10 heteroatoms. The standard InChI is InChI=1S/C26H23ClN6O3/c1-16-6-5-7-18(12-16)14-32-15-29-24-20(26(32)35)13-30-33(24)11-10-28-25(34)22-17(2)36-31-23(22)19-8-3-4-9-21(19)27/h3-9,12-13,15H,10-11,14H2,1-2H3,(H,28,34). The number of fused-ring (bicyclic) bond motifs is 1. The van der Waals surface area contributed by atoms with Crippen molar-refractivity contribution in [1.29, 1.82) is 0 Å². The van der Waals surface area contributed by atoms with Gasteiger partial charge in [0.2, 0.25) is 0 Å². The number of hydrogen-bond acceptors (Lipinski definition) is 6. The van der Waals surface area contributed by atoms with E-state index in [1.807, 2.05) is 37.3 Å². The molecule has 0 radical (unpaired) electrons. The van der Waals surface area contributed by atoms with E-state index in [0.29, 0.717) is 51.7 Å². The molecule has 5 aromatic rings. The maximum absolute atomic E-state index is 13.0. The van der Waals surface area contributed by atoms with Crippen molar-refractivity contribution in [2.75, 3.05) is 6.54 Å². The number of carbonyl (C=O) groups excluding carboxylic acids is 1. The van der Waals surface area contributed by atoms with Gasteiger partial charge in [-0.15, -0.1) is 0 Å². The molecule has 1 N–H and O–H groups in total. The van der Waals surface area contributed by atoms with E-state index in [4.69, 9.17) is 16.1 Å². The van der Waals surface area contributed by atoms with Gasteiger partial charge in [0.1, 0.15) is 28.7 Å². The Morgan fingerprint density at radius 3 is 2.78 bits per heavy atom. The Bertz CT molecular complexity index is 1630. The highest BCUT2D eigenvalue weighted by atomic mass is 35.5. The van der Waals surface area contributed by atoms with Crippen LogP contribution in [0.25, 0.3) is 22.3 Å². The average molecular weight is 503 g/mol. The number of halogens is 1. The van der Waals surface area contributed by atoms with Crippen molar-refractivity contribution in [3.8, 4) is 11.3 Å². The zero-order valence-electron chi connectivity index (χ0n) is 19.7. The third kappa shape index (κ3) is 4.52. The fraction of sp³-hybridized carbons (Fsp3) is 0.192. The maximum Gasteiger partial charge on any atom is 0.264 e. The quantitative estimate of drug-likeness (QED) is 0.360. The van der Waals surface area contributed by atoms with Crippen molar-refractivity contribution >= 4 is 28.5 Å². The van der Waals surface area contributed by atoms with Crippen LogP contribution in [0.1, 0.15) is 27.2 Å². The van der Waals surface area contributed by atoms with E-state index in [2.05, 4.69) is 20.6 Å². The Morgan fingerprint density at radius 1 is 1.14 bits per heavy atom. The van der Waals surface area contributed by atoms with Gasteiger partial charge >= 0.3 is 0 Å². The first-order chi connectivity index (χ1) is 17.4. The zero-order chi connectivity index (χ0) is 25.2. The molecule has 0 aliphatic rings. The van der Waals surface area contributed by atoms with E-state index in [9.17, 15) is 9.59 Å². The van der Waals surface area contributed by atoms with Gasteiger partial charge in [0.05, 0.1) is 24.3 Å². The minimum Gasteiger partial charge on any atom is -0.360 e. The fourth-order valence-corrected chi connectivity index (χ4v) is 4.35. The van der Waals surface area contributed by atoms with E-state index in [0.717, 1.165) is 11.1 Å². The molecule has 36 heavy (non-hydrogen) atoms.